The second-order valence-electron chi connectivity index (χ2n) is 6.18. The Bertz CT molecular complexity index is 820. The predicted molar refractivity (Wildman–Crippen MR) is 101 cm³/mol. The molecule has 1 N–H and O–H groups in total. The highest BCUT2D eigenvalue weighted by Gasteiger charge is 2.15. The molecule has 2 rings (SSSR count). The first-order valence-electron chi connectivity index (χ1n) is 8.16. The number of carbonyl (C=O) groups excluding carboxylic acids is 1. The molecule has 0 heterocycles. The summed E-state index contributed by atoms with van der Waals surface area (Å²) in [6.07, 6.45) is 2.85. The van der Waals surface area contributed by atoms with Gasteiger partial charge in [-0.2, -0.15) is 0 Å². The third kappa shape index (κ3) is 5.60. The Morgan fingerprint density at radius 2 is 1.80 bits per heavy atom. The highest BCUT2D eigenvalue weighted by Crippen LogP contribution is 2.17. The van der Waals surface area contributed by atoms with Crippen molar-refractivity contribution in [1.29, 1.82) is 0 Å². The molecule has 0 radical (unpaired) electrons. The van der Waals surface area contributed by atoms with Crippen LogP contribution in [0.5, 0.6) is 0 Å². The van der Waals surface area contributed by atoms with Crippen LogP contribution in [-0.2, 0) is 16.4 Å². The van der Waals surface area contributed by atoms with Crippen molar-refractivity contribution in [2.45, 2.75) is 25.8 Å². The number of hydrogen-bond acceptors (Lipinski definition) is 3. The van der Waals surface area contributed by atoms with E-state index in [2.05, 4.69) is 17.4 Å². The van der Waals surface area contributed by atoms with Gasteiger partial charge < -0.3 is 5.32 Å². The Morgan fingerprint density at radius 3 is 2.44 bits per heavy atom. The number of nitrogens with one attached hydrogen (secondary N) is 1. The van der Waals surface area contributed by atoms with Crippen LogP contribution in [-0.4, -0.2) is 33.7 Å². The number of amides is 1. The van der Waals surface area contributed by atoms with Gasteiger partial charge in [-0.1, -0.05) is 36.4 Å². The lowest BCUT2D eigenvalue weighted by Gasteiger charge is -2.18. The molecule has 6 heteroatoms. The van der Waals surface area contributed by atoms with Gasteiger partial charge in [0.1, 0.15) is 0 Å². The van der Waals surface area contributed by atoms with E-state index in [0.717, 1.165) is 23.4 Å². The SMILES string of the molecule is C[C@H](CCc1ccccc1)NC(=O)c1cccc(N(C)S(C)(=O)=O)c1. The molecule has 1 atom stereocenters. The number of sulfonamides is 1. The van der Waals surface area contributed by atoms with E-state index in [-0.39, 0.29) is 11.9 Å². The number of benzene rings is 2. The van der Waals surface area contributed by atoms with Crippen LogP contribution in [0.4, 0.5) is 5.69 Å². The second kappa shape index (κ2) is 8.16. The first kappa shape index (κ1) is 19.0. The number of anilines is 1. The van der Waals surface area contributed by atoms with E-state index in [4.69, 9.17) is 0 Å². The Balaban J connectivity index is 1.98. The van der Waals surface area contributed by atoms with Crippen molar-refractivity contribution in [3.8, 4) is 0 Å². The summed E-state index contributed by atoms with van der Waals surface area (Å²) in [4.78, 5) is 12.4. The van der Waals surface area contributed by atoms with Crippen molar-refractivity contribution in [2.24, 2.45) is 0 Å². The second-order valence-corrected chi connectivity index (χ2v) is 8.19. The molecular weight excluding hydrogens is 336 g/mol. The van der Waals surface area contributed by atoms with Crippen molar-refractivity contribution in [3.05, 3.63) is 65.7 Å². The number of carbonyl (C=O) groups is 1. The van der Waals surface area contributed by atoms with Gasteiger partial charge in [0.15, 0.2) is 0 Å². The number of hydrogen-bond donors (Lipinski definition) is 1. The Kier molecular flexibility index (Phi) is 6.20. The van der Waals surface area contributed by atoms with Gasteiger partial charge in [-0.05, 0) is 43.5 Å². The van der Waals surface area contributed by atoms with Crippen molar-refractivity contribution >= 4 is 21.6 Å². The Labute approximate surface area is 149 Å². The number of nitrogens with zero attached hydrogens (tertiary/aromatic N) is 1. The minimum Gasteiger partial charge on any atom is -0.350 e. The van der Waals surface area contributed by atoms with E-state index in [0.29, 0.717) is 11.3 Å². The fourth-order valence-electron chi connectivity index (χ4n) is 2.44. The Hall–Kier alpha value is -2.34. The van der Waals surface area contributed by atoms with Crippen molar-refractivity contribution in [1.82, 2.24) is 5.32 Å². The molecular formula is C19H24N2O3S. The zero-order valence-electron chi connectivity index (χ0n) is 14.8. The lowest BCUT2D eigenvalue weighted by Crippen LogP contribution is -2.33. The van der Waals surface area contributed by atoms with E-state index in [9.17, 15) is 13.2 Å². The molecule has 2 aromatic rings. The molecule has 5 nitrogen and oxygen atoms in total. The van der Waals surface area contributed by atoms with Crippen LogP contribution < -0.4 is 9.62 Å². The maximum atomic E-state index is 12.4. The third-order valence-electron chi connectivity index (χ3n) is 4.06. The largest absolute Gasteiger partial charge is 0.350 e. The fraction of sp³-hybridized carbons (Fsp3) is 0.316. The van der Waals surface area contributed by atoms with Crippen LogP contribution in [0.1, 0.15) is 29.3 Å². The van der Waals surface area contributed by atoms with Gasteiger partial charge in [-0.3, -0.25) is 9.10 Å². The summed E-state index contributed by atoms with van der Waals surface area (Å²) >= 11 is 0. The molecule has 0 saturated heterocycles. The van der Waals surface area contributed by atoms with E-state index in [1.54, 1.807) is 24.3 Å². The van der Waals surface area contributed by atoms with Crippen molar-refractivity contribution in [3.63, 3.8) is 0 Å². The lowest BCUT2D eigenvalue weighted by atomic mass is 10.1. The van der Waals surface area contributed by atoms with Gasteiger partial charge in [-0.25, -0.2) is 8.42 Å². The lowest BCUT2D eigenvalue weighted by molar-refractivity contribution is 0.0938. The van der Waals surface area contributed by atoms with E-state index in [1.165, 1.54) is 12.6 Å². The molecule has 0 bridgehead atoms. The quantitative estimate of drug-likeness (QED) is 0.826. The van der Waals surface area contributed by atoms with Crippen LogP contribution in [0.15, 0.2) is 54.6 Å². The van der Waals surface area contributed by atoms with Gasteiger partial charge in [0.25, 0.3) is 5.91 Å². The smallest absolute Gasteiger partial charge is 0.251 e. The summed E-state index contributed by atoms with van der Waals surface area (Å²) in [5.41, 5.74) is 2.15. The summed E-state index contributed by atoms with van der Waals surface area (Å²) in [6, 6.07) is 16.7. The molecule has 0 aliphatic carbocycles. The van der Waals surface area contributed by atoms with E-state index in [1.807, 2.05) is 25.1 Å². The predicted octanol–water partition coefficient (Wildman–Crippen LogP) is 2.83. The van der Waals surface area contributed by atoms with Crippen molar-refractivity contribution in [2.75, 3.05) is 17.6 Å². The molecule has 0 fully saturated rings. The maximum absolute atomic E-state index is 12.4. The molecule has 1 amide bonds. The topological polar surface area (TPSA) is 66.5 Å². The van der Waals surface area contributed by atoms with E-state index < -0.39 is 10.0 Å². The monoisotopic (exact) mass is 360 g/mol. The fourth-order valence-corrected chi connectivity index (χ4v) is 2.94. The molecule has 25 heavy (non-hydrogen) atoms. The minimum atomic E-state index is -3.36. The van der Waals surface area contributed by atoms with Gasteiger partial charge in [0.05, 0.1) is 11.9 Å². The highest BCUT2D eigenvalue weighted by molar-refractivity contribution is 7.92. The standard InChI is InChI=1S/C19H24N2O3S/c1-15(12-13-16-8-5-4-6-9-16)20-19(22)17-10-7-11-18(14-17)21(2)25(3,23)24/h4-11,14-15H,12-13H2,1-3H3,(H,20,22)/t15-/m1/s1. The van der Waals surface area contributed by atoms with Crippen LogP contribution in [0, 0.1) is 0 Å². The average Bonchev–Trinajstić information content (AvgIpc) is 2.59. The van der Waals surface area contributed by atoms with Crippen LogP contribution in [0.2, 0.25) is 0 Å². The van der Waals surface area contributed by atoms with Crippen LogP contribution in [0.25, 0.3) is 0 Å². The molecule has 0 saturated carbocycles. The molecule has 0 aromatic heterocycles. The summed E-state index contributed by atoms with van der Waals surface area (Å²) in [6.45, 7) is 1.97. The number of aryl methyl sites for hydroxylation is 1. The number of rotatable bonds is 7. The zero-order chi connectivity index (χ0) is 18.4. The van der Waals surface area contributed by atoms with Gasteiger partial charge in [-0.15, -0.1) is 0 Å². The molecule has 0 aliphatic rings. The third-order valence-corrected chi connectivity index (χ3v) is 5.26. The van der Waals surface area contributed by atoms with Gasteiger partial charge >= 0.3 is 0 Å². The summed E-state index contributed by atoms with van der Waals surface area (Å²) < 4.78 is 24.4. The highest BCUT2D eigenvalue weighted by atomic mass is 32.2. The van der Waals surface area contributed by atoms with Crippen molar-refractivity contribution < 1.29 is 13.2 Å². The van der Waals surface area contributed by atoms with Crippen LogP contribution in [0.3, 0.4) is 0 Å². The summed E-state index contributed by atoms with van der Waals surface area (Å²) in [5.74, 6) is -0.204. The molecule has 0 spiro atoms. The maximum Gasteiger partial charge on any atom is 0.251 e. The van der Waals surface area contributed by atoms with Crippen LogP contribution >= 0.6 is 0 Å². The first-order valence-corrected chi connectivity index (χ1v) is 10.0. The van der Waals surface area contributed by atoms with E-state index >= 15 is 0 Å². The van der Waals surface area contributed by atoms with Gasteiger partial charge in [0, 0.05) is 18.7 Å². The Morgan fingerprint density at radius 1 is 1.12 bits per heavy atom. The summed E-state index contributed by atoms with van der Waals surface area (Å²) in [7, 11) is -1.89. The minimum absolute atomic E-state index is 0.0176. The molecule has 2 aromatic carbocycles. The normalized spacial score (nSPS) is 12.4. The van der Waals surface area contributed by atoms with Gasteiger partial charge in [0.2, 0.25) is 10.0 Å². The molecule has 134 valence electrons. The average molecular weight is 360 g/mol. The first-order chi connectivity index (χ1) is 11.8. The summed E-state index contributed by atoms with van der Waals surface area (Å²) in [5, 5.41) is 2.96. The molecule has 0 aliphatic heterocycles. The molecule has 0 unspecified atom stereocenters. The zero-order valence-corrected chi connectivity index (χ0v) is 15.6.